The second-order valence-corrected chi connectivity index (χ2v) is 4.19. The molecule has 1 aliphatic heterocycles. The molecule has 0 radical (unpaired) electrons. The van der Waals surface area contributed by atoms with Crippen molar-refractivity contribution in [3.8, 4) is 0 Å². The van der Waals surface area contributed by atoms with Crippen LogP contribution in [0.1, 0.15) is 32.1 Å². The summed E-state index contributed by atoms with van der Waals surface area (Å²) in [6.45, 7) is 3.18. The molecule has 1 aliphatic carbocycles. The summed E-state index contributed by atoms with van der Waals surface area (Å²) in [5.74, 6) is 0.848. The Labute approximate surface area is 85.7 Å². The molecule has 1 unspecified atom stereocenters. The molecular weight excluding hydrogens is 180 g/mol. The van der Waals surface area contributed by atoms with Crippen molar-refractivity contribution in [1.82, 2.24) is 0 Å². The Morgan fingerprint density at radius 3 is 2.71 bits per heavy atom. The largest absolute Gasteiger partial charge is 0.379 e. The van der Waals surface area contributed by atoms with E-state index >= 15 is 0 Å². The third-order valence-electron chi connectivity index (χ3n) is 2.72. The van der Waals surface area contributed by atoms with Crippen LogP contribution >= 0.6 is 0 Å². The molecule has 0 aromatic carbocycles. The lowest BCUT2D eigenvalue weighted by atomic mass is 10.2. The van der Waals surface area contributed by atoms with Gasteiger partial charge in [0, 0.05) is 13.2 Å². The second-order valence-electron chi connectivity index (χ2n) is 4.19. The molecule has 0 bridgehead atoms. The van der Waals surface area contributed by atoms with Crippen LogP contribution in [0.15, 0.2) is 0 Å². The van der Waals surface area contributed by atoms with E-state index in [0.717, 1.165) is 32.2 Å². The molecule has 0 spiro atoms. The van der Waals surface area contributed by atoms with Crippen molar-refractivity contribution in [1.29, 1.82) is 0 Å². The van der Waals surface area contributed by atoms with Gasteiger partial charge in [-0.05, 0) is 38.0 Å². The zero-order chi connectivity index (χ0) is 9.64. The first-order valence-corrected chi connectivity index (χ1v) is 5.76. The van der Waals surface area contributed by atoms with Crippen LogP contribution < -0.4 is 0 Å². The highest BCUT2D eigenvalue weighted by atomic mass is 16.7. The van der Waals surface area contributed by atoms with E-state index in [-0.39, 0.29) is 6.29 Å². The predicted molar refractivity (Wildman–Crippen MR) is 53.1 cm³/mol. The average molecular weight is 200 g/mol. The van der Waals surface area contributed by atoms with Gasteiger partial charge in [0.05, 0.1) is 13.2 Å². The van der Waals surface area contributed by atoms with E-state index in [2.05, 4.69) is 0 Å². The van der Waals surface area contributed by atoms with E-state index in [1.807, 2.05) is 0 Å². The minimum Gasteiger partial charge on any atom is -0.379 e. The monoisotopic (exact) mass is 200 g/mol. The van der Waals surface area contributed by atoms with E-state index in [1.165, 1.54) is 25.7 Å². The van der Waals surface area contributed by atoms with Gasteiger partial charge in [-0.2, -0.15) is 0 Å². The Hall–Kier alpha value is -0.120. The van der Waals surface area contributed by atoms with Crippen molar-refractivity contribution < 1.29 is 14.2 Å². The highest BCUT2D eigenvalue weighted by Gasteiger charge is 2.21. The van der Waals surface area contributed by atoms with Gasteiger partial charge in [-0.15, -0.1) is 0 Å². The van der Waals surface area contributed by atoms with E-state index in [0.29, 0.717) is 6.61 Å². The summed E-state index contributed by atoms with van der Waals surface area (Å²) < 4.78 is 16.4. The number of hydrogen-bond donors (Lipinski definition) is 0. The van der Waals surface area contributed by atoms with Gasteiger partial charge in [-0.3, -0.25) is 0 Å². The van der Waals surface area contributed by atoms with Crippen LogP contribution in [0.5, 0.6) is 0 Å². The topological polar surface area (TPSA) is 27.7 Å². The predicted octanol–water partition coefficient (Wildman–Crippen LogP) is 1.96. The Balaban J connectivity index is 1.41. The number of ether oxygens (including phenoxy) is 3. The van der Waals surface area contributed by atoms with Gasteiger partial charge in [0.2, 0.25) is 0 Å². The third-order valence-corrected chi connectivity index (χ3v) is 2.72. The summed E-state index contributed by atoms with van der Waals surface area (Å²) in [5.41, 5.74) is 0. The summed E-state index contributed by atoms with van der Waals surface area (Å²) in [5, 5.41) is 0. The molecule has 2 rings (SSSR count). The van der Waals surface area contributed by atoms with Crippen LogP contribution in [0, 0.1) is 5.92 Å². The van der Waals surface area contributed by atoms with E-state index in [4.69, 9.17) is 14.2 Å². The lowest BCUT2D eigenvalue weighted by molar-refractivity contribution is -0.169. The fourth-order valence-corrected chi connectivity index (χ4v) is 1.62. The highest BCUT2D eigenvalue weighted by molar-refractivity contribution is 4.71. The molecule has 3 nitrogen and oxygen atoms in total. The standard InChI is InChI=1S/C11H20O3/c1-2-6-13-11(3-1)14-8-7-12-9-10-4-5-10/h10-11H,1-9H2. The smallest absolute Gasteiger partial charge is 0.157 e. The van der Waals surface area contributed by atoms with Crippen molar-refractivity contribution in [3.63, 3.8) is 0 Å². The summed E-state index contributed by atoms with van der Waals surface area (Å²) in [4.78, 5) is 0. The van der Waals surface area contributed by atoms with Crippen LogP contribution in [0.4, 0.5) is 0 Å². The van der Waals surface area contributed by atoms with Gasteiger partial charge >= 0.3 is 0 Å². The fourth-order valence-electron chi connectivity index (χ4n) is 1.62. The Morgan fingerprint density at radius 1 is 1.07 bits per heavy atom. The lowest BCUT2D eigenvalue weighted by Crippen LogP contribution is -2.24. The van der Waals surface area contributed by atoms with Crippen molar-refractivity contribution in [2.45, 2.75) is 38.4 Å². The van der Waals surface area contributed by atoms with Gasteiger partial charge in [0.25, 0.3) is 0 Å². The minimum atomic E-state index is 0.0354. The van der Waals surface area contributed by atoms with Gasteiger partial charge in [0.1, 0.15) is 0 Å². The first kappa shape index (κ1) is 10.4. The van der Waals surface area contributed by atoms with Crippen molar-refractivity contribution >= 4 is 0 Å². The molecule has 82 valence electrons. The first-order chi connectivity index (χ1) is 6.95. The Morgan fingerprint density at radius 2 is 2.00 bits per heavy atom. The average Bonchev–Trinajstić information content (AvgIpc) is 3.03. The van der Waals surface area contributed by atoms with Crippen LogP contribution in [0.2, 0.25) is 0 Å². The first-order valence-electron chi connectivity index (χ1n) is 5.76. The molecule has 1 saturated heterocycles. The number of hydrogen-bond acceptors (Lipinski definition) is 3. The van der Waals surface area contributed by atoms with E-state index < -0.39 is 0 Å². The molecule has 2 fully saturated rings. The summed E-state index contributed by atoms with van der Waals surface area (Å²) >= 11 is 0. The molecule has 14 heavy (non-hydrogen) atoms. The zero-order valence-electron chi connectivity index (χ0n) is 8.74. The molecule has 3 heteroatoms. The SMILES string of the molecule is C1CCC(OCCOCC2CC2)OC1. The van der Waals surface area contributed by atoms with Crippen molar-refractivity contribution in [3.05, 3.63) is 0 Å². The van der Waals surface area contributed by atoms with Crippen molar-refractivity contribution in [2.24, 2.45) is 5.92 Å². The Bertz CT molecular complexity index is 151. The minimum absolute atomic E-state index is 0.0354. The maximum Gasteiger partial charge on any atom is 0.157 e. The third kappa shape index (κ3) is 3.95. The fraction of sp³-hybridized carbons (Fsp3) is 1.00. The van der Waals surface area contributed by atoms with Crippen molar-refractivity contribution in [2.75, 3.05) is 26.4 Å². The quantitative estimate of drug-likeness (QED) is 0.613. The van der Waals surface area contributed by atoms with Gasteiger partial charge in [0.15, 0.2) is 6.29 Å². The molecule has 2 aliphatic rings. The van der Waals surface area contributed by atoms with Gasteiger partial charge in [-0.25, -0.2) is 0 Å². The van der Waals surface area contributed by atoms with Crippen LogP contribution in [-0.4, -0.2) is 32.7 Å². The molecule has 1 heterocycles. The maximum absolute atomic E-state index is 5.54. The summed E-state index contributed by atoms with van der Waals surface area (Å²) in [6, 6.07) is 0. The molecule has 0 aromatic heterocycles. The molecule has 0 aromatic rings. The van der Waals surface area contributed by atoms with Gasteiger partial charge in [-0.1, -0.05) is 0 Å². The van der Waals surface area contributed by atoms with E-state index in [9.17, 15) is 0 Å². The molecule has 0 amide bonds. The van der Waals surface area contributed by atoms with Crippen LogP contribution in [0.25, 0.3) is 0 Å². The Kier molecular flexibility index (Phi) is 4.22. The second kappa shape index (κ2) is 5.69. The maximum atomic E-state index is 5.54. The summed E-state index contributed by atoms with van der Waals surface area (Å²) in [6.07, 6.45) is 6.20. The van der Waals surface area contributed by atoms with Crippen LogP contribution in [0.3, 0.4) is 0 Å². The van der Waals surface area contributed by atoms with Crippen LogP contribution in [-0.2, 0) is 14.2 Å². The molecule has 1 saturated carbocycles. The number of rotatable bonds is 6. The normalized spacial score (nSPS) is 27.9. The summed E-state index contributed by atoms with van der Waals surface area (Å²) in [7, 11) is 0. The molecular formula is C11H20O3. The molecule has 0 N–H and O–H groups in total. The highest BCUT2D eigenvalue weighted by Crippen LogP contribution is 2.28. The zero-order valence-corrected chi connectivity index (χ0v) is 8.74. The van der Waals surface area contributed by atoms with Gasteiger partial charge < -0.3 is 14.2 Å². The van der Waals surface area contributed by atoms with E-state index in [1.54, 1.807) is 0 Å². The lowest BCUT2D eigenvalue weighted by Gasteiger charge is -2.22. The molecule has 1 atom stereocenters.